The van der Waals surface area contributed by atoms with Crippen molar-refractivity contribution in [3.05, 3.63) is 30.7 Å². The minimum absolute atomic E-state index is 0.495. The molecule has 25 heavy (non-hydrogen) atoms. The van der Waals surface area contributed by atoms with Gasteiger partial charge in [-0.1, -0.05) is 13.8 Å². The summed E-state index contributed by atoms with van der Waals surface area (Å²) in [6, 6.07) is 4.40. The Morgan fingerprint density at radius 3 is 3.12 bits per heavy atom. The number of aromatic nitrogens is 5. The number of nitrogens with zero attached hydrogens (tertiary/aromatic N) is 5. The summed E-state index contributed by atoms with van der Waals surface area (Å²) in [4.78, 5) is 15.8. The average Bonchev–Trinajstić information content (AvgIpc) is 3.06. The minimum atomic E-state index is 0.495. The number of piperazine rings is 1. The molecule has 0 spiro atoms. The van der Waals surface area contributed by atoms with Gasteiger partial charge in [-0.25, -0.2) is 9.97 Å². The van der Waals surface area contributed by atoms with E-state index in [0.29, 0.717) is 12.0 Å². The number of rotatable bonds is 4. The molecular formula is C18H23N7. The highest BCUT2D eigenvalue weighted by Crippen LogP contribution is 2.25. The van der Waals surface area contributed by atoms with Crippen LogP contribution in [0.25, 0.3) is 22.4 Å². The lowest BCUT2D eigenvalue weighted by Crippen LogP contribution is -2.51. The van der Waals surface area contributed by atoms with Gasteiger partial charge in [0.1, 0.15) is 17.2 Å². The lowest BCUT2D eigenvalue weighted by Gasteiger charge is -2.35. The zero-order valence-corrected chi connectivity index (χ0v) is 14.6. The second-order valence-corrected chi connectivity index (χ2v) is 6.96. The van der Waals surface area contributed by atoms with Crippen LogP contribution >= 0.6 is 0 Å². The molecule has 1 fully saturated rings. The SMILES string of the molecule is CC(C)C[C@H]1CN(c2cncc(-c3n[nH]c4ncccc34)n2)CCN1. The first-order valence-electron chi connectivity index (χ1n) is 8.80. The van der Waals surface area contributed by atoms with Crippen molar-refractivity contribution in [3.8, 4) is 11.4 Å². The standard InChI is InChI=1S/C18H23N7/c1-12(2)8-13-11-25(7-6-20-13)16-10-19-9-15(22-16)17-14-4-3-5-21-18(14)24-23-17/h3-5,9-10,12-13,20H,6-8,11H2,1-2H3,(H,21,23,24)/t13-/m0/s1. The number of nitrogens with one attached hydrogen (secondary N) is 2. The van der Waals surface area contributed by atoms with Crippen LogP contribution in [0.15, 0.2) is 30.7 Å². The average molecular weight is 337 g/mol. The Bertz CT molecular complexity index is 857. The molecule has 3 aromatic rings. The topological polar surface area (TPSA) is 82.6 Å². The second kappa shape index (κ2) is 6.76. The van der Waals surface area contributed by atoms with Gasteiger partial charge in [-0.15, -0.1) is 0 Å². The molecule has 0 aliphatic carbocycles. The van der Waals surface area contributed by atoms with Crippen LogP contribution in [0, 0.1) is 5.92 Å². The van der Waals surface area contributed by atoms with Gasteiger partial charge in [0.25, 0.3) is 0 Å². The highest BCUT2D eigenvalue weighted by Gasteiger charge is 2.22. The molecule has 0 radical (unpaired) electrons. The van der Waals surface area contributed by atoms with Gasteiger partial charge in [0.2, 0.25) is 0 Å². The van der Waals surface area contributed by atoms with Gasteiger partial charge >= 0.3 is 0 Å². The van der Waals surface area contributed by atoms with E-state index in [9.17, 15) is 0 Å². The molecule has 4 heterocycles. The summed E-state index contributed by atoms with van der Waals surface area (Å²) in [5, 5.41) is 11.9. The molecule has 0 bridgehead atoms. The molecule has 7 heteroatoms. The van der Waals surface area contributed by atoms with E-state index in [2.05, 4.69) is 44.2 Å². The van der Waals surface area contributed by atoms with Crippen molar-refractivity contribution in [2.24, 2.45) is 5.92 Å². The molecule has 130 valence electrons. The van der Waals surface area contributed by atoms with Crippen molar-refractivity contribution >= 4 is 16.9 Å². The summed E-state index contributed by atoms with van der Waals surface area (Å²) in [6.45, 7) is 7.39. The van der Waals surface area contributed by atoms with E-state index < -0.39 is 0 Å². The van der Waals surface area contributed by atoms with Crippen molar-refractivity contribution in [2.75, 3.05) is 24.5 Å². The first kappa shape index (κ1) is 16.0. The summed E-state index contributed by atoms with van der Waals surface area (Å²) < 4.78 is 0. The van der Waals surface area contributed by atoms with Crippen molar-refractivity contribution < 1.29 is 0 Å². The van der Waals surface area contributed by atoms with Crippen LogP contribution in [-0.4, -0.2) is 50.8 Å². The number of fused-ring (bicyclic) bond motifs is 1. The molecule has 1 saturated heterocycles. The van der Waals surface area contributed by atoms with Crippen molar-refractivity contribution in [2.45, 2.75) is 26.3 Å². The van der Waals surface area contributed by atoms with E-state index in [1.165, 1.54) is 6.42 Å². The van der Waals surface area contributed by atoms with Gasteiger partial charge in [-0.3, -0.25) is 10.1 Å². The highest BCUT2D eigenvalue weighted by molar-refractivity contribution is 5.89. The first-order chi connectivity index (χ1) is 12.2. The first-order valence-corrected chi connectivity index (χ1v) is 8.80. The molecule has 1 atom stereocenters. The zero-order valence-electron chi connectivity index (χ0n) is 14.6. The minimum Gasteiger partial charge on any atom is -0.352 e. The van der Waals surface area contributed by atoms with Gasteiger partial charge in [0.05, 0.1) is 12.4 Å². The van der Waals surface area contributed by atoms with E-state index in [1.807, 2.05) is 18.3 Å². The van der Waals surface area contributed by atoms with Gasteiger partial charge < -0.3 is 10.2 Å². The van der Waals surface area contributed by atoms with Crippen LogP contribution in [0.1, 0.15) is 20.3 Å². The van der Waals surface area contributed by atoms with Gasteiger partial charge in [-0.2, -0.15) is 5.10 Å². The predicted octanol–water partition coefficient (Wildman–Crippen LogP) is 2.24. The van der Waals surface area contributed by atoms with E-state index >= 15 is 0 Å². The largest absolute Gasteiger partial charge is 0.352 e. The summed E-state index contributed by atoms with van der Waals surface area (Å²) in [5.74, 6) is 1.59. The maximum absolute atomic E-state index is 4.83. The molecule has 7 nitrogen and oxygen atoms in total. The lowest BCUT2D eigenvalue weighted by atomic mass is 10.0. The number of hydrogen-bond donors (Lipinski definition) is 2. The van der Waals surface area contributed by atoms with Crippen LogP contribution in [-0.2, 0) is 0 Å². The van der Waals surface area contributed by atoms with Crippen LogP contribution in [0.3, 0.4) is 0 Å². The molecule has 0 amide bonds. The highest BCUT2D eigenvalue weighted by atomic mass is 15.3. The Morgan fingerprint density at radius 2 is 2.24 bits per heavy atom. The molecule has 3 aromatic heterocycles. The van der Waals surface area contributed by atoms with Crippen molar-refractivity contribution in [1.29, 1.82) is 0 Å². The Morgan fingerprint density at radius 1 is 1.32 bits per heavy atom. The molecular weight excluding hydrogens is 314 g/mol. The lowest BCUT2D eigenvalue weighted by molar-refractivity contribution is 0.387. The zero-order chi connectivity index (χ0) is 17.2. The van der Waals surface area contributed by atoms with Gasteiger partial charge in [0, 0.05) is 37.3 Å². The number of anilines is 1. The fraction of sp³-hybridized carbons (Fsp3) is 0.444. The molecule has 1 aliphatic heterocycles. The third-order valence-electron chi connectivity index (χ3n) is 4.54. The van der Waals surface area contributed by atoms with E-state index in [4.69, 9.17) is 4.98 Å². The third-order valence-corrected chi connectivity index (χ3v) is 4.54. The van der Waals surface area contributed by atoms with Crippen LogP contribution in [0.2, 0.25) is 0 Å². The Labute approximate surface area is 146 Å². The van der Waals surface area contributed by atoms with Gasteiger partial charge in [-0.05, 0) is 24.5 Å². The summed E-state index contributed by atoms with van der Waals surface area (Å²) >= 11 is 0. The number of hydrogen-bond acceptors (Lipinski definition) is 6. The summed E-state index contributed by atoms with van der Waals surface area (Å²) in [7, 11) is 0. The fourth-order valence-corrected chi connectivity index (χ4v) is 3.43. The van der Waals surface area contributed by atoms with Crippen molar-refractivity contribution in [3.63, 3.8) is 0 Å². The molecule has 0 aromatic carbocycles. The molecule has 0 saturated carbocycles. The maximum atomic E-state index is 4.83. The number of pyridine rings is 1. The van der Waals surface area contributed by atoms with Crippen LogP contribution < -0.4 is 10.2 Å². The predicted molar refractivity (Wildman–Crippen MR) is 98.4 cm³/mol. The smallest absolute Gasteiger partial charge is 0.155 e. The Balaban J connectivity index is 1.61. The number of H-pyrrole nitrogens is 1. The Hall–Kier alpha value is -2.54. The van der Waals surface area contributed by atoms with Crippen molar-refractivity contribution in [1.82, 2.24) is 30.5 Å². The quantitative estimate of drug-likeness (QED) is 0.760. The molecule has 2 N–H and O–H groups in total. The summed E-state index contributed by atoms with van der Waals surface area (Å²) in [6.07, 6.45) is 6.52. The molecule has 0 unspecified atom stereocenters. The molecule has 4 rings (SSSR count). The monoisotopic (exact) mass is 337 g/mol. The van der Waals surface area contributed by atoms with E-state index in [0.717, 1.165) is 47.9 Å². The second-order valence-electron chi connectivity index (χ2n) is 6.96. The fourth-order valence-electron chi connectivity index (χ4n) is 3.43. The summed E-state index contributed by atoms with van der Waals surface area (Å²) in [5.41, 5.74) is 2.34. The number of aromatic amines is 1. The van der Waals surface area contributed by atoms with Gasteiger partial charge in [0.15, 0.2) is 5.65 Å². The van der Waals surface area contributed by atoms with Crippen LogP contribution in [0.5, 0.6) is 0 Å². The normalized spacial score (nSPS) is 18.2. The van der Waals surface area contributed by atoms with E-state index in [-0.39, 0.29) is 0 Å². The molecule has 1 aliphatic rings. The Kier molecular flexibility index (Phi) is 4.31. The van der Waals surface area contributed by atoms with Crippen LogP contribution in [0.4, 0.5) is 5.82 Å². The third kappa shape index (κ3) is 3.32. The maximum Gasteiger partial charge on any atom is 0.155 e. The van der Waals surface area contributed by atoms with E-state index in [1.54, 1.807) is 12.4 Å².